The molecule has 0 spiro atoms. The summed E-state index contributed by atoms with van der Waals surface area (Å²) in [5.41, 5.74) is 2.72. The summed E-state index contributed by atoms with van der Waals surface area (Å²) in [7, 11) is 0. The van der Waals surface area contributed by atoms with Gasteiger partial charge in [0.05, 0.1) is 0 Å². The predicted octanol–water partition coefficient (Wildman–Crippen LogP) is 1.81. The van der Waals surface area contributed by atoms with Gasteiger partial charge in [0, 0.05) is 18.4 Å². The molecule has 1 saturated heterocycles. The zero-order valence-electron chi connectivity index (χ0n) is 7.38. The summed E-state index contributed by atoms with van der Waals surface area (Å²) in [6, 6.07) is 2.63. The predicted molar refractivity (Wildman–Crippen MR) is 49.0 cm³/mol. The van der Waals surface area contributed by atoms with Crippen molar-refractivity contribution in [1.82, 2.24) is 10.3 Å². The van der Waals surface area contributed by atoms with Crippen LogP contribution in [0.1, 0.15) is 30.0 Å². The Morgan fingerprint density at radius 3 is 3.17 bits per heavy atom. The van der Waals surface area contributed by atoms with E-state index in [1.165, 1.54) is 24.0 Å². The summed E-state index contributed by atoms with van der Waals surface area (Å²) in [6.07, 6.45) is 6.39. The van der Waals surface area contributed by atoms with Gasteiger partial charge in [-0.15, -0.1) is 0 Å². The second kappa shape index (κ2) is 3.23. The number of rotatable bonds is 1. The smallest absolute Gasteiger partial charge is 0.0338 e. The summed E-state index contributed by atoms with van der Waals surface area (Å²) in [5.74, 6) is 0. The number of nitrogens with zero attached hydrogens (tertiary/aromatic N) is 1. The third-order valence-electron chi connectivity index (χ3n) is 2.52. The molecule has 0 unspecified atom stereocenters. The lowest BCUT2D eigenvalue weighted by atomic mass is 10.0. The minimum absolute atomic E-state index is 0.554. The van der Waals surface area contributed by atoms with Crippen LogP contribution in [0.15, 0.2) is 18.5 Å². The molecule has 0 aliphatic carbocycles. The lowest BCUT2D eigenvalue weighted by Gasteiger charge is -2.12. The Kier molecular flexibility index (Phi) is 2.09. The van der Waals surface area contributed by atoms with E-state index in [4.69, 9.17) is 0 Å². The van der Waals surface area contributed by atoms with E-state index in [-0.39, 0.29) is 0 Å². The van der Waals surface area contributed by atoms with E-state index in [0.717, 1.165) is 6.54 Å². The Hall–Kier alpha value is -0.890. The third-order valence-corrected chi connectivity index (χ3v) is 2.52. The number of hydrogen-bond acceptors (Lipinski definition) is 2. The largest absolute Gasteiger partial charge is 0.310 e. The van der Waals surface area contributed by atoms with Crippen molar-refractivity contribution in [2.45, 2.75) is 25.8 Å². The molecule has 0 aromatic carbocycles. The van der Waals surface area contributed by atoms with Crippen LogP contribution >= 0.6 is 0 Å². The maximum Gasteiger partial charge on any atom is 0.0338 e. The normalized spacial score (nSPS) is 22.9. The maximum atomic E-state index is 4.15. The molecular weight excluding hydrogens is 148 g/mol. The first-order valence-electron chi connectivity index (χ1n) is 4.52. The molecule has 1 N–H and O–H groups in total. The van der Waals surface area contributed by atoms with Crippen molar-refractivity contribution in [3.05, 3.63) is 29.6 Å². The van der Waals surface area contributed by atoms with Gasteiger partial charge in [-0.3, -0.25) is 4.98 Å². The zero-order valence-corrected chi connectivity index (χ0v) is 7.38. The molecule has 12 heavy (non-hydrogen) atoms. The van der Waals surface area contributed by atoms with Crippen LogP contribution in [0.25, 0.3) is 0 Å². The third kappa shape index (κ3) is 1.34. The number of aryl methyl sites for hydroxylation is 1. The Bertz CT molecular complexity index is 264. The monoisotopic (exact) mass is 162 g/mol. The topological polar surface area (TPSA) is 24.9 Å². The molecule has 1 aromatic rings. The Morgan fingerprint density at radius 1 is 1.58 bits per heavy atom. The van der Waals surface area contributed by atoms with Gasteiger partial charge in [0.2, 0.25) is 0 Å². The molecule has 0 radical (unpaired) electrons. The van der Waals surface area contributed by atoms with Crippen LogP contribution in [-0.4, -0.2) is 11.5 Å². The molecule has 0 amide bonds. The molecule has 2 heterocycles. The SMILES string of the molecule is Cc1ccncc1[C@@H]1CCCN1. The van der Waals surface area contributed by atoms with Crippen molar-refractivity contribution in [3.8, 4) is 0 Å². The minimum atomic E-state index is 0.554. The van der Waals surface area contributed by atoms with Crippen molar-refractivity contribution in [2.75, 3.05) is 6.54 Å². The van der Waals surface area contributed by atoms with Gasteiger partial charge in [-0.1, -0.05) is 0 Å². The lowest BCUT2D eigenvalue weighted by molar-refractivity contribution is 0.641. The van der Waals surface area contributed by atoms with Crippen LogP contribution in [-0.2, 0) is 0 Å². The average Bonchev–Trinajstić information content (AvgIpc) is 2.57. The van der Waals surface area contributed by atoms with Crippen LogP contribution in [0.3, 0.4) is 0 Å². The zero-order chi connectivity index (χ0) is 8.39. The van der Waals surface area contributed by atoms with Crippen LogP contribution in [0.4, 0.5) is 0 Å². The van der Waals surface area contributed by atoms with Crippen molar-refractivity contribution in [2.24, 2.45) is 0 Å². The highest BCUT2D eigenvalue weighted by Crippen LogP contribution is 2.24. The van der Waals surface area contributed by atoms with E-state index in [0.29, 0.717) is 6.04 Å². The molecule has 64 valence electrons. The van der Waals surface area contributed by atoms with E-state index < -0.39 is 0 Å². The second-order valence-electron chi connectivity index (χ2n) is 3.38. The molecule has 1 aromatic heterocycles. The Labute approximate surface area is 73.0 Å². The molecule has 2 heteroatoms. The van der Waals surface area contributed by atoms with E-state index in [1.807, 2.05) is 12.4 Å². The summed E-state index contributed by atoms with van der Waals surface area (Å²) in [5, 5.41) is 3.47. The minimum Gasteiger partial charge on any atom is -0.310 e. The molecule has 1 atom stereocenters. The van der Waals surface area contributed by atoms with Gasteiger partial charge in [-0.05, 0) is 43.5 Å². The molecule has 2 nitrogen and oxygen atoms in total. The fraction of sp³-hybridized carbons (Fsp3) is 0.500. The molecule has 2 rings (SSSR count). The fourth-order valence-corrected chi connectivity index (χ4v) is 1.79. The summed E-state index contributed by atoms with van der Waals surface area (Å²) in [4.78, 5) is 4.15. The first-order valence-corrected chi connectivity index (χ1v) is 4.52. The van der Waals surface area contributed by atoms with Crippen molar-refractivity contribution < 1.29 is 0 Å². The van der Waals surface area contributed by atoms with Crippen LogP contribution in [0.5, 0.6) is 0 Å². The highest BCUT2D eigenvalue weighted by molar-refractivity contribution is 5.25. The molecule has 0 bridgehead atoms. The number of pyridine rings is 1. The van der Waals surface area contributed by atoms with Gasteiger partial charge in [0.25, 0.3) is 0 Å². The van der Waals surface area contributed by atoms with E-state index in [2.05, 4.69) is 23.3 Å². The van der Waals surface area contributed by atoms with Crippen LogP contribution in [0, 0.1) is 6.92 Å². The molecule has 0 saturated carbocycles. The highest BCUT2D eigenvalue weighted by Gasteiger charge is 2.17. The van der Waals surface area contributed by atoms with Crippen molar-refractivity contribution in [3.63, 3.8) is 0 Å². The number of aromatic nitrogens is 1. The second-order valence-corrected chi connectivity index (χ2v) is 3.38. The first-order chi connectivity index (χ1) is 5.88. The number of hydrogen-bond donors (Lipinski definition) is 1. The summed E-state index contributed by atoms with van der Waals surface area (Å²) >= 11 is 0. The van der Waals surface area contributed by atoms with E-state index in [1.54, 1.807) is 0 Å². The highest BCUT2D eigenvalue weighted by atomic mass is 14.9. The van der Waals surface area contributed by atoms with Gasteiger partial charge < -0.3 is 5.32 Å². The summed E-state index contributed by atoms with van der Waals surface area (Å²) in [6.45, 7) is 3.30. The summed E-state index contributed by atoms with van der Waals surface area (Å²) < 4.78 is 0. The maximum absolute atomic E-state index is 4.15. The van der Waals surface area contributed by atoms with Gasteiger partial charge in [0.15, 0.2) is 0 Å². The molecule has 1 fully saturated rings. The number of nitrogens with one attached hydrogen (secondary N) is 1. The van der Waals surface area contributed by atoms with Gasteiger partial charge >= 0.3 is 0 Å². The van der Waals surface area contributed by atoms with Gasteiger partial charge in [-0.25, -0.2) is 0 Å². The van der Waals surface area contributed by atoms with Gasteiger partial charge in [-0.2, -0.15) is 0 Å². The first kappa shape index (κ1) is 7.74. The van der Waals surface area contributed by atoms with E-state index in [9.17, 15) is 0 Å². The standard InChI is InChI=1S/C10H14N2/c1-8-4-6-11-7-9(8)10-3-2-5-12-10/h4,6-7,10,12H,2-3,5H2,1H3/t10-/m0/s1. The Balaban J connectivity index is 2.26. The van der Waals surface area contributed by atoms with Crippen molar-refractivity contribution in [1.29, 1.82) is 0 Å². The van der Waals surface area contributed by atoms with Crippen LogP contribution < -0.4 is 5.32 Å². The van der Waals surface area contributed by atoms with Crippen molar-refractivity contribution >= 4 is 0 Å². The van der Waals surface area contributed by atoms with Crippen LogP contribution in [0.2, 0.25) is 0 Å². The quantitative estimate of drug-likeness (QED) is 0.681. The molecule has 1 aliphatic rings. The lowest BCUT2D eigenvalue weighted by Crippen LogP contribution is -2.14. The molecular formula is C10H14N2. The molecule has 1 aliphatic heterocycles. The van der Waals surface area contributed by atoms with E-state index >= 15 is 0 Å². The average molecular weight is 162 g/mol. The van der Waals surface area contributed by atoms with Gasteiger partial charge in [0.1, 0.15) is 0 Å². The fourth-order valence-electron chi connectivity index (χ4n) is 1.79. The Morgan fingerprint density at radius 2 is 2.50 bits per heavy atom.